The minimum Gasteiger partial charge on any atom is -0.508 e. The van der Waals surface area contributed by atoms with Gasteiger partial charge < -0.3 is 14.4 Å². The maximum atomic E-state index is 9.44. The Balaban J connectivity index is 1.84. The topological polar surface area (TPSA) is 55.5 Å². The van der Waals surface area contributed by atoms with E-state index in [0.29, 0.717) is 6.61 Å². The van der Waals surface area contributed by atoms with Crippen LogP contribution in [0.3, 0.4) is 0 Å². The van der Waals surface area contributed by atoms with Crippen LogP contribution in [0.4, 0.5) is 0 Å². The average molecular weight is 241 g/mol. The first-order valence-electron chi connectivity index (χ1n) is 5.55. The minimum absolute atomic E-state index is 0.249. The van der Waals surface area contributed by atoms with E-state index in [4.69, 9.17) is 9.26 Å². The van der Waals surface area contributed by atoms with Gasteiger partial charge in [-0.3, -0.25) is 0 Å². The lowest BCUT2D eigenvalue weighted by molar-refractivity contribution is 0.305. The van der Waals surface area contributed by atoms with Gasteiger partial charge in [0.2, 0.25) is 0 Å². The second-order valence-electron chi connectivity index (χ2n) is 4.01. The molecule has 4 nitrogen and oxygen atoms in total. The van der Waals surface area contributed by atoms with Gasteiger partial charge in [-0.1, -0.05) is 17.3 Å². The Morgan fingerprint density at radius 3 is 2.83 bits per heavy atom. The zero-order chi connectivity index (χ0) is 12.4. The molecular formula is C14H11NO3. The van der Waals surface area contributed by atoms with Gasteiger partial charge in [-0.15, -0.1) is 0 Å². The molecular weight excluding hydrogens is 230 g/mol. The fourth-order valence-corrected chi connectivity index (χ4v) is 1.77. The molecule has 1 N–H and O–H groups in total. The number of benzene rings is 2. The number of hydrogen-bond donors (Lipinski definition) is 1. The highest BCUT2D eigenvalue weighted by Gasteiger charge is 2.01. The smallest absolute Gasteiger partial charge is 0.130 e. The maximum absolute atomic E-state index is 9.44. The molecule has 2 aromatic carbocycles. The molecule has 0 amide bonds. The molecule has 90 valence electrons. The standard InChI is InChI=1S/C14H11NO3/c16-13-3-1-11-2-4-14(6-12(11)5-13)17-8-10-7-15-18-9-10/h1-7,9,16H,8H2. The fourth-order valence-electron chi connectivity index (χ4n) is 1.77. The zero-order valence-corrected chi connectivity index (χ0v) is 9.54. The highest BCUT2D eigenvalue weighted by atomic mass is 16.5. The zero-order valence-electron chi connectivity index (χ0n) is 9.54. The van der Waals surface area contributed by atoms with Gasteiger partial charge in [0.15, 0.2) is 0 Å². The summed E-state index contributed by atoms with van der Waals surface area (Å²) in [5.41, 5.74) is 0.881. The summed E-state index contributed by atoms with van der Waals surface area (Å²) in [5, 5.41) is 15.1. The van der Waals surface area contributed by atoms with Gasteiger partial charge in [-0.25, -0.2) is 0 Å². The lowest BCUT2D eigenvalue weighted by Gasteiger charge is -2.06. The highest BCUT2D eigenvalue weighted by molar-refractivity contribution is 5.85. The summed E-state index contributed by atoms with van der Waals surface area (Å²) in [7, 11) is 0. The number of phenolic OH excluding ortho intramolecular Hbond substituents is 1. The van der Waals surface area contributed by atoms with Crippen molar-refractivity contribution < 1.29 is 14.4 Å². The molecule has 0 unspecified atom stereocenters. The lowest BCUT2D eigenvalue weighted by atomic mass is 10.1. The summed E-state index contributed by atoms with van der Waals surface area (Å²) < 4.78 is 10.3. The summed E-state index contributed by atoms with van der Waals surface area (Å²) in [4.78, 5) is 0. The van der Waals surface area contributed by atoms with Crippen molar-refractivity contribution in [3.8, 4) is 11.5 Å². The number of hydrogen-bond acceptors (Lipinski definition) is 4. The van der Waals surface area contributed by atoms with Crippen molar-refractivity contribution in [2.75, 3.05) is 0 Å². The van der Waals surface area contributed by atoms with Crippen molar-refractivity contribution in [3.63, 3.8) is 0 Å². The Bertz CT molecular complexity index is 662. The van der Waals surface area contributed by atoms with E-state index in [1.165, 1.54) is 0 Å². The predicted molar refractivity (Wildman–Crippen MR) is 66.4 cm³/mol. The maximum Gasteiger partial charge on any atom is 0.130 e. The third-order valence-electron chi connectivity index (χ3n) is 2.68. The molecule has 0 saturated heterocycles. The van der Waals surface area contributed by atoms with Crippen LogP contribution in [0.1, 0.15) is 5.56 Å². The molecule has 0 atom stereocenters. The van der Waals surface area contributed by atoms with E-state index in [1.807, 2.05) is 24.3 Å². The fraction of sp³-hybridized carbons (Fsp3) is 0.0714. The van der Waals surface area contributed by atoms with Crippen LogP contribution < -0.4 is 4.74 Å². The molecule has 0 aliphatic rings. The summed E-state index contributed by atoms with van der Waals surface area (Å²) in [6.45, 7) is 0.411. The molecule has 1 heterocycles. The van der Waals surface area contributed by atoms with E-state index in [1.54, 1.807) is 24.6 Å². The Morgan fingerprint density at radius 2 is 2.00 bits per heavy atom. The summed E-state index contributed by atoms with van der Waals surface area (Å²) >= 11 is 0. The van der Waals surface area contributed by atoms with Gasteiger partial charge in [0, 0.05) is 5.56 Å². The van der Waals surface area contributed by atoms with Crippen molar-refractivity contribution in [3.05, 3.63) is 54.4 Å². The first-order chi connectivity index (χ1) is 8.81. The average Bonchev–Trinajstić information content (AvgIpc) is 2.89. The molecule has 18 heavy (non-hydrogen) atoms. The predicted octanol–water partition coefficient (Wildman–Crippen LogP) is 3.11. The van der Waals surface area contributed by atoms with Crippen molar-refractivity contribution in [1.82, 2.24) is 5.16 Å². The third kappa shape index (κ3) is 2.13. The molecule has 3 aromatic rings. The second kappa shape index (κ2) is 4.41. The molecule has 0 fully saturated rings. The molecule has 0 aliphatic carbocycles. The van der Waals surface area contributed by atoms with E-state index in [9.17, 15) is 5.11 Å². The summed E-state index contributed by atoms with van der Waals surface area (Å²) in [6, 6.07) is 11.0. The van der Waals surface area contributed by atoms with Crippen LogP contribution >= 0.6 is 0 Å². The third-order valence-corrected chi connectivity index (χ3v) is 2.68. The Hall–Kier alpha value is -2.49. The number of ether oxygens (including phenoxy) is 1. The molecule has 0 bridgehead atoms. The first kappa shape index (κ1) is 10.7. The summed E-state index contributed by atoms with van der Waals surface area (Å²) in [5.74, 6) is 0.994. The minimum atomic E-state index is 0.249. The van der Waals surface area contributed by atoms with Gasteiger partial charge >= 0.3 is 0 Å². The van der Waals surface area contributed by atoms with Crippen LogP contribution in [0, 0.1) is 0 Å². The van der Waals surface area contributed by atoms with Crippen LogP contribution in [0.15, 0.2) is 53.4 Å². The summed E-state index contributed by atoms with van der Waals surface area (Å²) in [6.07, 6.45) is 3.17. The molecule has 1 aromatic heterocycles. The van der Waals surface area contributed by atoms with Crippen molar-refractivity contribution in [2.45, 2.75) is 6.61 Å². The van der Waals surface area contributed by atoms with Crippen LogP contribution in [-0.2, 0) is 6.61 Å². The molecule has 4 heteroatoms. The van der Waals surface area contributed by atoms with Crippen molar-refractivity contribution in [1.29, 1.82) is 0 Å². The number of nitrogens with zero attached hydrogens (tertiary/aromatic N) is 1. The number of aromatic hydroxyl groups is 1. The second-order valence-corrected chi connectivity index (χ2v) is 4.01. The van der Waals surface area contributed by atoms with Crippen molar-refractivity contribution in [2.24, 2.45) is 0 Å². The van der Waals surface area contributed by atoms with E-state index in [2.05, 4.69) is 5.16 Å². The molecule has 0 aliphatic heterocycles. The van der Waals surface area contributed by atoms with Gasteiger partial charge in [-0.2, -0.15) is 0 Å². The van der Waals surface area contributed by atoms with Gasteiger partial charge in [0.1, 0.15) is 24.4 Å². The highest BCUT2D eigenvalue weighted by Crippen LogP contribution is 2.24. The lowest BCUT2D eigenvalue weighted by Crippen LogP contribution is -1.93. The largest absolute Gasteiger partial charge is 0.508 e. The number of aromatic nitrogens is 1. The first-order valence-corrected chi connectivity index (χ1v) is 5.55. The normalized spacial score (nSPS) is 10.7. The SMILES string of the molecule is Oc1ccc2ccc(OCc3cnoc3)cc2c1. The van der Waals surface area contributed by atoms with Gasteiger partial charge in [0.05, 0.1) is 6.20 Å². The monoisotopic (exact) mass is 241 g/mol. The number of phenols is 1. The molecule has 3 rings (SSSR count). The molecule has 0 spiro atoms. The van der Waals surface area contributed by atoms with Gasteiger partial charge in [-0.05, 0) is 35.0 Å². The quantitative estimate of drug-likeness (QED) is 0.765. The van der Waals surface area contributed by atoms with E-state index < -0.39 is 0 Å². The van der Waals surface area contributed by atoms with E-state index in [-0.39, 0.29) is 5.75 Å². The van der Waals surface area contributed by atoms with Crippen molar-refractivity contribution >= 4 is 10.8 Å². The molecule has 0 radical (unpaired) electrons. The van der Waals surface area contributed by atoms with E-state index >= 15 is 0 Å². The molecule has 0 saturated carbocycles. The number of rotatable bonds is 3. The van der Waals surface area contributed by atoms with Crippen LogP contribution in [0.2, 0.25) is 0 Å². The Kier molecular flexibility index (Phi) is 2.61. The number of fused-ring (bicyclic) bond motifs is 1. The van der Waals surface area contributed by atoms with Crippen LogP contribution in [0.5, 0.6) is 11.5 Å². The van der Waals surface area contributed by atoms with Crippen LogP contribution in [0.25, 0.3) is 10.8 Å². The van der Waals surface area contributed by atoms with Gasteiger partial charge in [0.25, 0.3) is 0 Å². The Morgan fingerprint density at radius 1 is 1.11 bits per heavy atom. The Labute approximate surface area is 103 Å². The van der Waals surface area contributed by atoms with E-state index in [0.717, 1.165) is 22.1 Å². The van der Waals surface area contributed by atoms with Crippen LogP contribution in [-0.4, -0.2) is 10.3 Å².